The molecule has 2 aromatic carbocycles. The van der Waals surface area contributed by atoms with Gasteiger partial charge < -0.3 is 15.4 Å². The summed E-state index contributed by atoms with van der Waals surface area (Å²) in [6, 6.07) is 12.8. The number of piperidine rings is 1. The highest BCUT2D eigenvalue weighted by Crippen LogP contribution is 2.32. The van der Waals surface area contributed by atoms with Crippen molar-refractivity contribution in [2.75, 3.05) is 30.3 Å². The number of fused-ring (bicyclic) bond motifs is 1. The third-order valence-electron chi connectivity index (χ3n) is 5.26. The van der Waals surface area contributed by atoms with Gasteiger partial charge in [0.2, 0.25) is 15.9 Å². The molecule has 160 valence electrons. The molecule has 0 aliphatic carbocycles. The zero-order chi connectivity index (χ0) is 22.0. The van der Waals surface area contributed by atoms with Gasteiger partial charge in [-0.2, -0.15) is 9.57 Å². The van der Waals surface area contributed by atoms with Crippen LogP contribution in [0.3, 0.4) is 0 Å². The van der Waals surface area contributed by atoms with E-state index in [-0.39, 0.29) is 29.9 Å². The number of carbonyl (C=O) groups excluding carboxylic acids is 2. The summed E-state index contributed by atoms with van der Waals surface area (Å²) in [6.45, 7) is 0.258. The number of carbonyl (C=O) groups is 2. The van der Waals surface area contributed by atoms with Crippen molar-refractivity contribution in [1.29, 1.82) is 5.26 Å². The lowest BCUT2D eigenvalue weighted by atomic mass is 9.98. The van der Waals surface area contributed by atoms with Gasteiger partial charge in [-0.15, -0.1) is 0 Å². The molecule has 0 saturated carbocycles. The van der Waals surface area contributed by atoms with Crippen molar-refractivity contribution >= 4 is 33.2 Å². The Morgan fingerprint density at radius 3 is 2.74 bits per heavy atom. The van der Waals surface area contributed by atoms with Crippen LogP contribution in [0.2, 0.25) is 0 Å². The summed E-state index contributed by atoms with van der Waals surface area (Å²) in [5.74, 6) is -0.702. The van der Waals surface area contributed by atoms with Gasteiger partial charge in [-0.05, 0) is 55.3 Å². The van der Waals surface area contributed by atoms with E-state index in [1.165, 1.54) is 22.5 Å². The number of amides is 2. The zero-order valence-electron chi connectivity index (χ0n) is 16.5. The molecule has 31 heavy (non-hydrogen) atoms. The van der Waals surface area contributed by atoms with Crippen LogP contribution in [0.4, 0.5) is 11.4 Å². The molecule has 0 aromatic heterocycles. The molecule has 2 N–H and O–H groups in total. The van der Waals surface area contributed by atoms with Crippen LogP contribution < -0.4 is 15.4 Å². The molecule has 0 bridgehead atoms. The minimum Gasteiger partial charge on any atom is -0.482 e. The Bertz CT molecular complexity index is 1170. The van der Waals surface area contributed by atoms with Crippen LogP contribution >= 0.6 is 0 Å². The first-order valence-corrected chi connectivity index (χ1v) is 11.2. The summed E-state index contributed by atoms with van der Waals surface area (Å²) in [5.41, 5.74) is 1.35. The van der Waals surface area contributed by atoms with E-state index in [1.54, 1.807) is 24.3 Å². The number of rotatable bonds is 4. The Labute approximate surface area is 179 Å². The number of anilines is 2. The molecule has 1 atom stereocenters. The fourth-order valence-corrected chi connectivity index (χ4v) is 5.17. The van der Waals surface area contributed by atoms with Crippen molar-refractivity contribution < 1.29 is 22.7 Å². The van der Waals surface area contributed by atoms with Gasteiger partial charge in [0.05, 0.1) is 28.1 Å². The Morgan fingerprint density at radius 1 is 1.23 bits per heavy atom. The molecule has 0 spiro atoms. The number of hydrogen-bond acceptors (Lipinski definition) is 6. The Morgan fingerprint density at radius 2 is 2.00 bits per heavy atom. The fourth-order valence-electron chi connectivity index (χ4n) is 3.62. The molecule has 9 nitrogen and oxygen atoms in total. The summed E-state index contributed by atoms with van der Waals surface area (Å²) in [4.78, 5) is 24.3. The van der Waals surface area contributed by atoms with E-state index in [2.05, 4.69) is 10.6 Å². The zero-order valence-corrected chi connectivity index (χ0v) is 17.3. The summed E-state index contributed by atoms with van der Waals surface area (Å²) in [5, 5.41) is 14.3. The number of benzene rings is 2. The minimum atomic E-state index is -3.85. The Kier molecular flexibility index (Phi) is 5.63. The highest BCUT2D eigenvalue weighted by Gasteiger charge is 2.34. The van der Waals surface area contributed by atoms with Crippen LogP contribution in [0.5, 0.6) is 5.75 Å². The number of sulfonamides is 1. The largest absolute Gasteiger partial charge is 0.482 e. The van der Waals surface area contributed by atoms with Crippen LogP contribution in [0, 0.1) is 17.2 Å². The molecular weight excluding hydrogens is 420 g/mol. The number of nitriles is 1. The molecule has 0 unspecified atom stereocenters. The van der Waals surface area contributed by atoms with E-state index in [0.717, 1.165) is 0 Å². The van der Waals surface area contributed by atoms with Gasteiger partial charge in [0.15, 0.2) is 6.61 Å². The first kappa shape index (κ1) is 20.8. The maximum Gasteiger partial charge on any atom is 0.262 e. The third-order valence-corrected chi connectivity index (χ3v) is 7.12. The van der Waals surface area contributed by atoms with Crippen LogP contribution in [0.25, 0.3) is 0 Å². The maximum atomic E-state index is 13.2. The van der Waals surface area contributed by atoms with Gasteiger partial charge in [0.1, 0.15) is 5.75 Å². The molecular formula is C21H20N4O5S. The van der Waals surface area contributed by atoms with E-state index in [4.69, 9.17) is 10.00 Å². The number of ether oxygens (including phenoxy) is 1. The van der Waals surface area contributed by atoms with Crippen molar-refractivity contribution in [3.05, 3.63) is 48.0 Å². The monoisotopic (exact) mass is 440 g/mol. The summed E-state index contributed by atoms with van der Waals surface area (Å²) in [7, 11) is -3.85. The van der Waals surface area contributed by atoms with Gasteiger partial charge in [-0.25, -0.2) is 8.42 Å². The molecule has 2 aliphatic rings. The molecule has 2 heterocycles. The molecule has 1 fully saturated rings. The minimum absolute atomic E-state index is 0.0326. The number of nitrogens with zero attached hydrogens (tertiary/aromatic N) is 2. The van der Waals surface area contributed by atoms with Gasteiger partial charge in [0, 0.05) is 18.8 Å². The fraction of sp³-hybridized carbons (Fsp3) is 0.286. The van der Waals surface area contributed by atoms with E-state index in [1.807, 2.05) is 6.07 Å². The highest BCUT2D eigenvalue weighted by molar-refractivity contribution is 7.89. The molecule has 2 amide bonds. The topological polar surface area (TPSA) is 129 Å². The van der Waals surface area contributed by atoms with Crippen molar-refractivity contribution in [1.82, 2.24) is 4.31 Å². The summed E-state index contributed by atoms with van der Waals surface area (Å²) in [6.07, 6.45) is 1.12. The Balaban J connectivity index is 1.48. The predicted octanol–water partition coefficient (Wildman–Crippen LogP) is 1.93. The van der Waals surface area contributed by atoms with E-state index >= 15 is 0 Å². The molecule has 0 radical (unpaired) electrons. The van der Waals surface area contributed by atoms with Crippen LogP contribution in [-0.2, 0) is 19.6 Å². The van der Waals surface area contributed by atoms with Gasteiger partial charge >= 0.3 is 0 Å². The SMILES string of the molecule is N#Cc1ccc(NC(=O)[C@H]2CCCN(S(=O)(=O)c3ccc4c(c3)NC(=O)CO4)C2)cc1. The van der Waals surface area contributed by atoms with Crippen molar-refractivity contribution in [2.24, 2.45) is 5.92 Å². The van der Waals surface area contributed by atoms with Crippen molar-refractivity contribution in [2.45, 2.75) is 17.7 Å². The summed E-state index contributed by atoms with van der Waals surface area (Å²) < 4.78 is 32.9. The van der Waals surface area contributed by atoms with Crippen molar-refractivity contribution in [3.63, 3.8) is 0 Å². The highest BCUT2D eigenvalue weighted by atomic mass is 32.2. The van der Waals surface area contributed by atoms with E-state index < -0.39 is 15.9 Å². The lowest BCUT2D eigenvalue weighted by Gasteiger charge is -2.31. The lowest BCUT2D eigenvalue weighted by molar-refractivity contribution is -0.121. The first-order chi connectivity index (χ1) is 14.9. The summed E-state index contributed by atoms with van der Waals surface area (Å²) >= 11 is 0. The molecule has 4 rings (SSSR count). The first-order valence-electron chi connectivity index (χ1n) is 9.75. The Hall–Kier alpha value is -3.42. The van der Waals surface area contributed by atoms with E-state index in [9.17, 15) is 18.0 Å². The van der Waals surface area contributed by atoms with Gasteiger partial charge in [-0.1, -0.05) is 0 Å². The molecule has 10 heteroatoms. The van der Waals surface area contributed by atoms with Crippen LogP contribution in [-0.4, -0.2) is 44.2 Å². The molecule has 1 saturated heterocycles. The van der Waals surface area contributed by atoms with Crippen LogP contribution in [0.1, 0.15) is 18.4 Å². The second-order valence-corrected chi connectivity index (χ2v) is 9.31. The number of hydrogen-bond donors (Lipinski definition) is 2. The number of nitrogens with one attached hydrogen (secondary N) is 2. The maximum absolute atomic E-state index is 13.2. The third kappa shape index (κ3) is 4.38. The average Bonchev–Trinajstić information content (AvgIpc) is 2.79. The normalized spacial score (nSPS) is 18.8. The van der Waals surface area contributed by atoms with Gasteiger partial charge in [-0.3, -0.25) is 9.59 Å². The van der Waals surface area contributed by atoms with Crippen LogP contribution in [0.15, 0.2) is 47.4 Å². The quantitative estimate of drug-likeness (QED) is 0.748. The second-order valence-electron chi connectivity index (χ2n) is 7.38. The molecule has 2 aromatic rings. The van der Waals surface area contributed by atoms with Gasteiger partial charge in [0.25, 0.3) is 5.91 Å². The second kappa shape index (κ2) is 8.37. The smallest absolute Gasteiger partial charge is 0.262 e. The van der Waals surface area contributed by atoms with Crippen molar-refractivity contribution in [3.8, 4) is 11.8 Å². The van der Waals surface area contributed by atoms with E-state index in [0.29, 0.717) is 42.1 Å². The standard InChI is InChI=1S/C21H20N4O5S/c22-11-14-3-5-16(6-4-14)23-21(27)15-2-1-9-25(12-15)31(28,29)17-7-8-19-18(10-17)24-20(26)13-30-19/h3-8,10,15H,1-2,9,12-13H2,(H,23,27)(H,24,26)/t15-/m0/s1. The molecule has 2 aliphatic heterocycles. The predicted molar refractivity (Wildman–Crippen MR) is 112 cm³/mol. The average molecular weight is 440 g/mol. The lowest BCUT2D eigenvalue weighted by Crippen LogP contribution is -2.43.